The molecule has 1 aromatic carbocycles. The first kappa shape index (κ1) is 22.4. The summed E-state index contributed by atoms with van der Waals surface area (Å²) in [5.74, 6) is 0.224. The molecule has 2 N–H and O–H groups in total. The summed E-state index contributed by atoms with van der Waals surface area (Å²) in [6.45, 7) is 4.18. The monoisotopic (exact) mass is 440 g/mol. The summed E-state index contributed by atoms with van der Waals surface area (Å²) >= 11 is 0. The third-order valence-corrected chi connectivity index (χ3v) is 7.53. The Morgan fingerprint density at radius 1 is 1.25 bits per heavy atom. The number of anilines is 2. The number of nitrogens with zero attached hydrogens (tertiary/aromatic N) is 4. The van der Waals surface area contributed by atoms with Gasteiger partial charge in [-0.2, -0.15) is 5.26 Å². The van der Waals surface area contributed by atoms with Crippen molar-refractivity contribution >= 4 is 23.4 Å². The number of hydrogen-bond donors (Lipinski definition) is 2. The molecule has 172 valence electrons. The van der Waals surface area contributed by atoms with Crippen LogP contribution in [0.3, 0.4) is 0 Å². The van der Waals surface area contributed by atoms with Crippen LogP contribution in [0.1, 0.15) is 57.4 Å². The molecule has 1 unspecified atom stereocenters. The minimum absolute atomic E-state index is 0.224. The molecule has 3 aliphatic rings. The van der Waals surface area contributed by atoms with E-state index in [-0.39, 0.29) is 18.1 Å². The Balaban J connectivity index is 1.54. The first-order valence-corrected chi connectivity index (χ1v) is 11.7. The van der Waals surface area contributed by atoms with E-state index in [0.717, 1.165) is 63.7 Å². The maximum absolute atomic E-state index is 13.6. The van der Waals surface area contributed by atoms with E-state index in [1.165, 1.54) is 4.90 Å². The molecule has 1 saturated carbocycles. The number of rotatable bonds is 4. The summed E-state index contributed by atoms with van der Waals surface area (Å²) in [5, 5.41) is 29.0. The Labute approximate surface area is 189 Å². The summed E-state index contributed by atoms with van der Waals surface area (Å²) in [4.78, 5) is 30.4. The molecule has 0 bridgehead atoms. The fourth-order valence-electron chi connectivity index (χ4n) is 5.77. The molecule has 1 atom stereocenters. The molecule has 32 heavy (non-hydrogen) atoms. The van der Waals surface area contributed by atoms with E-state index in [0.29, 0.717) is 24.3 Å². The van der Waals surface area contributed by atoms with Crippen molar-refractivity contribution in [3.8, 4) is 6.07 Å². The summed E-state index contributed by atoms with van der Waals surface area (Å²) in [5.41, 5.74) is 1.26. The maximum atomic E-state index is 13.6. The lowest BCUT2D eigenvalue weighted by Gasteiger charge is -2.41. The molecule has 8 heteroatoms. The van der Waals surface area contributed by atoms with Crippen LogP contribution in [0.2, 0.25) is 0 Å². The summed E-state index contributed by atoms with van der Waals surface area (Å²) in [6, 6.07) is 7.64. The van der Waals surface area contributed by atoms with Gasteiger partial charge in [-0.3, -0.25) is 9.69 Å². The van der Waals surface area contributed by atoms with E-state index < -0.39 is 11.5 Å². The summed E-state index contributed by atoms with van der Waals surface area (Å²) < 4.78 is 0. The summed E-state index contributed by atoms with van der Waals surface area (Å²) in [7, 11) is 0. The topological polar surface area (TPSA) is 108 Å². The fourth-order valence-corrected chi connectivity index (χ4v) is 5.77. The molecule has 2 amide bonds. The van der Waals surface area contributed by atoms with Gasteiger partial charge < -0.3 is 20.0 Å². The fraction of sp³-hybridized carbons (Fsp3) is 0.625. The summed E-state index contributed by atoms with van der Waals surface area (Å²) in [6.07, 6.45) is 4.53. The standard InChI is InChI=1S/C24H32N4O4/c1-2-27(23(31)32)19-6-9-21(17(14-19)15-25)26-12-3-10-24(16-26)11-13-28(22(24)30)18-4-7-20(29)8-5-18/h6,9,14,18,20,29H,2-5,7-8,10-13,16H2,1H3,(H,31,32)/t18-,20-,24?. The van der Waals surface area contributed by atoms with Crippen molar-refractivity contribution in [2.75, 3.05) is 36.0 Å². The number of likely N-dealkylation sites (tertiary alicyclic amines) is 1. The van der Waals surface area contributed by atoms with Gasteiger partial charge in [0.15, 0.2) is 0 Å². The molecule has 2 saturated heterocycles. The Kier molecular flexibility index (Phi) is 6.29. The van der Waals surface area contributed by atoms with Crippen LogP contribution >= 0.6 is 0 Å². The Bertz CT molecular complexity index is 921. The predicted molar refractivity (Wildman–Crippen MR) is 121 cm³/mol. The van der Waals surface area contributed by atoms with Gasteiger partial charge in [0.25, 0.3) is 0 Å². The number of carbonyl (C=O) groups excluding carboxylic acids is 1. The Morgan fingerprint density at radius 3 is 2.66 bits per heavy atom. The molecule has 1 spiro atoms. The number of hydrogen-bond acceptors (Lipinski definition) is 5. The zero-order valence-electron chi connectivity index (χ0n) is 18.7. The number of aliphatic hydroxyl groups excluding tert-OH is 1. The normalized spacial score (nSPS) is 28.1. The van der Waals surface area contributed by atoms with Gasteiger partial charge in [0.1, 0.15) is 6.07 Å². The molecule has 8 nitrogen and oxygen atoms in total. The van der Waals surface area contributed by atoms with E-state index in [4.69, 9.17) is 0 Å². The minimum atomic E-state index is -1.05. The van der Waals surface area contributed by atoms with Crippen molar-refractivity contribution in [1.82, 2.24) is 4.90 Å². The van der Waals surface area contributed by atoms with Crippen molar-refractivity contribution in [1.29, 1.82) is 5.26 Å². The SMILES string of the molecule is CCN(C(=O)O)c1ccc(N2CCCC3(CCN([C@H]4CC[C@H](O)CC4)C3=O)C2)c(C#N)c1. The van der Waals surface area contributed by atoms with Gasteiger partial charge in [-0.1, -0.05) is 0 Å². The highest BCUT2D eigenvalue weighted by atomic mass is 16.4. The number of carboxylic acid groups (broad SMARTS) is 1. The van der Waals surface area contributed by atoms with E-state index in [9.17, 15) is 25.1 Å². The van der Waals surface area contributed by atoms with Crippen LogP contribution in [0.25, 0.3) is 0 Å². The van der Waals surface area contributed by atoms with Crippen molar-refractivity contribution in [3.05, 3.63) is 23.8 Å². The van der Waals surface area contributed by atoms with Crippen LogP contribution in [-0.2, 0) is 4.79 Å². The van der Waals surface area contributed by atoms with E-state index in [1.807, 2.05) is 6.07 Å². The second-order valence-corrected chi connectivity index (χ2v) is 9.36. The number of benzene rings is 1. The number of amides is 2. The Morgan fingerprint density at radius 2 is 2.00 bits per heavy atom. The molecule has 1 aliphatic carbocycles. The quantitative estimate of drug-likeness (QED) is 0.744. The molecular formula is C24H32N4O4. The smallest absolute Gasteiger partial charge is 0.411 e. The largest absolute Gasteiger partial charge is 0.465 e. The Hall–Kier alpha value is -2.79. The van der Waals surface area contributed by atoms with Crippen LogP contribution in [0.15, 0.2) is 18.2 Å². The van der Waals surface area contributed by atoms with Crippen LogP contribution in [0.4, 0.5) is 16.2 Å². The van der Waals surface area contributed by atoms with E-state index >= 15 is 0 Å². The van der Waals surface area contributed by atoms with Crippen molar-refractivity contribution in [3.63, 3.8) is 0 Å². The second-order valence-electron chi connectivity index (χ2n) is 9.36. The zero-order chi connectivity index (χ0) is 22.9. The van der Waals surface area contributed by atoms with Gasteiger partial charge in [-0.05, 0) is 70.1 Å². The zero-order valence-corrected chi connectivity index (χ0v) is 18.7. The highest BCUT2D eigenvalue weighted by molar-refractivity contribution is 5.88. The van der Waals surface area contributed by atoms with Gasteiger partial charge in [0, 0.05) is 37.9 Å². The third-order valence-electron chi connectivity index (χ3n) is 7.53. The van der Waals surface area contributed by atoms with Crippen molar-refractivity contribution in [2.45, 2.75) is 64.0 Å². The minimum Gasteiger partial charge on any atom is -0.465 e. The van der Waals surface area contributed by atoms with Crippen molar-refractivity contribution in [2.24, 2.45) is 5.41 Å². The number of nitriles is 1. The lowest BCUT2D eigenvalue weighted by Crippen LogP contribution is -2.50. The molecule has 0 aromatic heterocycles. The van der Waals surface area contributed by atoms with Crippen molar-refractivity contribution < 1.29 is 19.8 Å². The molecule has 2 heterocycles. The third kappa shape index (κ3) is 4.02. The molecular weight excluding hydrogens is 408 g/mol. The van der Waals surface area contributed by atoms with Crippen LogP contribution < -0.4 is 9.80 Å². The van der Waals surface area contributed by atoms with Crippen LogP contribution in [0, 0.1) is 16.7 Å². The molecule has 3 fully saturated rings. The van der Waals surface area contributed by atoms with Crippen LogP contribution in [0.5, 0.6) is 0 Å². The molecule has 0 radical (unpaired) electrons. The van der Waals surface area contributed by atoms with Gasteiger partial charge in [0.2, 0.25) is 5.91 Å². The molecule has 2 aliphatic heterocycles. The van der Waals surface area contributed by atoms with E-state index in [1.54, 1.807) is 19.1 Å². The predicted octanol–water partition coefficient (Wildman–Crippen LogP) is 3.18. The highest BCUT2D eigenvalue weighted by Gasteiger charge is 2.50. The van der Waals surface area contributed by atoms with Gasteiger partial charge in [-0.15, -0.1) is 0 Å². The highest BCUT2D eigenvalue weighted by Crippen LogP contribution is 2.44. The average molecular weight is 441 g/mol. The number of piperidine rings is 1. The van der Waals surface area contributed by atoms with Crippen LogP contribution in [-0.4, -0.2) is 65.4 Å². The molecule has 4 rings (SSSR count). The number of carbonyl (C=O) groups is 2. The number of aliphatic hydroxyl groups is 1. The maximum Gasteiger partial charge on any atom is 0.411 e. The first-order valence-electron chi connectivity index (χ1n) is 11.7. The van der Waals surface area contributed by atoms with Gasteiger partial charge in [-0.25, -0.2) is 4.79 Å². The average Bonchev–Trinajstić information content (AvgIpc) is 3.09. The van der Waals surface area contributed by atoms with Gasteiger partial charge in [0.05, 0.1) is 22.8 Å². The molecule has 1 aromatic rings. The lowest BCUT2D eigenvalue weighted by molar-refractivity contribution is -0.139. The first-order chi connectivity index (χ1) is 15.4. The second kappa shape index (κ2) is 8.99. The lowest BCUT2D eigenvalue weighted by atomic mass is 9.78. The van der Waals surface area contributed by atoms with E-state index in [2.05, 4.69) is 15.9 Å². The van der Waals surface area contributed by atoms with Gasteiger partial charge >= 0.3 is 6.09 Å².